The summed E-state index contributed by atoms with van der Waals surface area (Å²) in [5.74, 6) is 0. The minimum absolute atomic E-state index is 0.164. The van der Waals surface area contributed by atoms with E-state index in [2.05, 4.69) is 0 Å². The molecule has 1 fully saturated rings. The van der Waals surface area contributed by atoms with Gasteiger partial charge >= 0.3 is 12.3 Å². The minimum Gasteiger partial charge on any atom is -0.436 e. The Hall–Kier alpha value is -2.54. The van der Waals surface area contributed by atoms with Crippen LogP contribution in [0.4, 0.5) is 18.0 Å². The Morgan fingerprint density at radius 3 is 2.27 bits per heavy atom. The van der Waals surface area contributed by atoms with Crippen molar-refractivity contribution in [3.63, 3.8) is 0 Å². The summed E-state index contributed by atoms with van der Waals surface area (Å²) in [5.41, 5.74) is 5.73. The van der Waals surface area contributed by atoms with E-state index in [0.29, 0.717) is 5.56 Å². The summed E-state index contributed by atoms with van der Waals surface area (Å²) in [6, 6.07) is 15.5. The van der Waals surface area contributed by atoms with Gasteiger partial charge in [0.1, 0.15) is 0 Å². The molecular weight excluding hydrogens is 345 g/mol. The van der Waals surface area contributed by atoms with Gasteiger partial charge in [-0.15, -0.1) is 0 Å². The lowest BCUT2D eigenvalue weighted by molar-refractivity contribution is -0.171. The largest absolute Gasteiger partial charge is 0.436 e. The number of alkyl halides is 3. The Bertz CT molecular complexity index is 763. The van der Waals surface area contributed by atoms with E-state index in [-0.39, 0.29) is 19.6 Å². The molecule has 7 heteroatoms. The van der Waals surface area contributed by atoms with Crippen molar-refractivity contribution in [1.29, 1.82) is 0 Å². The molecule has 1 heterocycles. The molecule has 1 amide bonds. The predicted octanol–water partition coefficient (Wildman–Crippen LogP) is 3.95. The maximum Gasteiger partial charge on any atom is 0.411 e. The van der Waals surface area contributed by atoms with Crippen LogP contribution in [0.5, 0.6) is 0 Å². The number of hydrogen-bond donors (Lipinski definition) is 1. The van der Waals surface area contributed by atoms with Crippen LogP contribution in [0, 0.1) is 0 Å². The first kappa shape index (κ1) is 18.3. The van der Waals surface area contributed by atoms with Gasteiger partial charge in [0, 0.05) is 13.1 Å². The SMILES string of the molecule is NCc1ccc(C2(CC(F)(F)F)CN(Cc3ccccc3)C(=O)O2)cc1. The summed E-state index contributed by atoms with van der Waals surface area (Å²) in [6.07, 6.45) is -6.46. The van der Waals surface area contributed by atoms with Gasteiger partial charge in [-0.1, -0.05) is 54.6 Å². The first-order chi connectivity index (χ1) is 12.3. The van der Waals surface area contributed by atoms with Gasteiger partial charge in [0.2, 0.25) is 0 Å². The highest BCUT2D eigenvalue weighted by Crippen LogP contribution is 2.42. The number of cyclic esters (lactones) is 1. The van der Waals surface area contributed by atoms with Gasteiger partial charge in [0.05, 0.1) is 13.0 Å². The second-order valence-corrected chi connectivity index (χ2v) is 6.40. The van der Waals surface area contributed by atoms with Crippen molar-refractivity contribution in [1.82, 2.24) is 4.90 Å². The van der Waals surface area contributed by atoms with E-state index in [0.717, 1.165) is 11.1 Å². The van der Waals surface area contributed by atoms with Gasteiger partial charge in [-0.05, 0) is 16.7 Å². The third-order valence-electron chi connectivity index (χ3n) is 4.41. The van der Waals surface area contributed by atoms with Gasteiger partial charge in [0.15, 0.2) is 5.60 Å². The molecule has 0 radical (unpaired) electrons. The Morgan fingerprint density at radius 1 is 1.04 bits per heavy atom. The molecule has 0 saturated carbocycles. The number of hydrogen-bond acceptors (Lipinski definition) is 3. The van der Waals surface area contributed by atoms with E-state index in [1.165, 1.54) is 4.90 Å². The molecule has 0 spiro atoms. The molecule has 2 aromatic carbocycles. The van der Waals surface area contributed by atoms with Crippen LogP contribution in [0.25, 0.3) is 0 Å². The van der Waals surface area contributed by atoms with Crippen molar-refractivity contribution >= 4 is 6.09 Å². The molecule has 1 unspecified atom stereocenters. The number of carbonyl (C=O) groups is 1. The van der Waals surface area contributed by atoms with Crippen molar-refractivity contribution in [2.24, 2.45) is 5.73 Å². The van der Waals surface area contributed by atoms with Crippen LogP contribution >= 0.6 is 0 Å². The standard InChI is InChI=1S/C19H19F3N2O2/c20-19(21,22)12-18(16-8-6-14(10-23)7-9-16)13-24(17(25)26-18)11-15-4-2-1-3-5-15/h1-9H,10-13,23H2. The molecule has 1 aliphatic heterocycles. The smallest absolute Gasteiger partial charge is 0.411 e. The van der Waals surface area contributed by atoms with E-state index in [1.807, 2.05) is 30.3 Å². The van der Waals surface area contributed by atoms with Crippen molar-refractivity contribution in [3.05, 3.63) is 71.3 Å². The van der Waals surface area contributed by atoms with Crippen LogP contribution in [0.15, 0.2) is 54.6 Å². The lowest BCUT2D eigenvalue weighted by atomic mass is 9.89. The van der Waals surface area contributed by atoms with Gasteiger partial charge in [0.25, 0.3) is 0 Å². The average molecular weight is 364 g/mol. The molecular formula is C19H19F3N2O2. The maximum absolute atomic E-state index is 13.2. The van der Waals surface area contributed by atoms with Crippen LogP contribution in [0.3, 0.4) is 0 Å². The second kappa shape index (κ2) is 6.99. The van der Waals surface area contributed by atoms with Crippen LogP contribution in [0.2, 0.25) is 0 Å². The number of carbonyl (C=O) groups excluding carboxylic acids is 1. The van der Waals surface area contributed by atoms with Gasteiger partial charge in [-0.2, -0.15) is 13.2 Å². The van der Waals surface area contributed by atoms with Gasteiger partial charge in [-0.3, -0.25) is 4.90 Å². The Morgan fingerprint density at radius 2 is 1.69 bits per heavy atom. The molecule has 2 aromatic rings. The van der Waals surface area contributed by atoms with E-state index >= 15 is 0 Å². The molecule has 1 aliphatic rings. The number of nitrogens with two attached hydrogens (primary N) is 1. The minimum atomic E-state index is -4.48. The topological polar surface area (TPSA) is 55.6 Å². The summed E-state index contributed by atoms with van der Waals surface area (Å²) in [5, 5.41) is 0. The molecule has 138 valence electrons. The Labute approximate surface area is 149 Å². The lowest BCUT2D eigenvalue weighted by Gasteiger charge is -2.28. The molecule has 0 aliphatic carbocycles. The Balaban J connectivity index is 1.90. The summed E-state index contributed by atoms with van der Waals surface area (Å²) >= 11 is 0. The summed E-state index contributed by atoms with van der Waals surface area (Å²) in [6.45, 7) is 0.314. The highest BCUT2D eigenvalue weighted by Gasteiger charge is 2.52. The third-order valence-corrected chi connectivity index (χ3v) is 4.41. The van der Waals surface area contributed by atoms with E-state index in [1.54, 1.807) is 24.3 Å². The van der Waals surface area contributed by atoms with Crippen LogP contribution in [0.1, 0.15) is 23.1 Å². The van der Waals surface area contributed by atoms with E-state index in [4.69, 9.17) is 10.5 Å². The zero-order valence-corrected chi connectivity index (χ0v) is 14.0. The number of rotatable bonds is 5. The van der Waals surface area contributed by atoms with E-state index < -0.39 is 24.3 Å². The summed E-state index contributed by atoms with van der Waals surface area (Å²) < 4.78 is 45.0. The average Bonchev–Trinajstić information content (AvgIpc) is 2.90. The zero-order chi connectivity index (χ0) is 18.8. The highest BCUT2D eigenvalue weighted by atomic mass is 19.4. The summed E-state index contributed by atoms with van der Waals surface area (Å²) in [7, 11) is 0. The van der Waals surface area contributed by atoms with Gasteiger partial charge < -0.3 is 10.5 Å². The monoisotopic (exact) mass is 364 g/mol. The number of amides is 1. The van der Waals surface area contributed by atoms with Crippen LogP contribution in [-0.4, -0.2) is 23.7 Å². The fourth-order valence-corrected chi connectivity index (χ4v) is 3.17. The molecule has 1 saturated heterocycles. The van der Waals surface area contributed by atoms with Crippen molar-refractivity contribution < 1.29 is 22.7 Å². The number of benzene rings is 2. The quantitative estimate of drug-likeness (QED) is 0.874. The van der Waals surface area contributed by atoms with Crippen LogP contribution < -0.4 is 5.73 Å². The normalized spacial score (nSPS) is 20.3. The van der Waals surface area contributed by atoms with Crippen LogP contribution in [-0.2, 0) is 23.4 Å². The predicted molar refractivity (Wildman–Crippen MR) is 90.0 cm³/mol. The number of halogens is 3. The maximum atomic E-state index is 13.2. The molecule has 1 atom stereocenters. The molecule has 4 nitrogen and oxygen atoms in total. The fraction of sp³-hybridized carbons (Fsp3) is 0.316. The highest BCUT2D eigenvalue weighted by molar-refractivity contribution is 5.71. The van der Waals surface area contributed by atoms with Crippen molar-refractivity contribution in [3.8, 4) is 0 Å². The van der Waals surface area contributed by atoms with Crippen molar-refractivity contribution in [2.75, 3.05) is 6.54 Å². The summed E-state index contributed by atoms with van der Waals surface area (Å²) in [4.78, 5) is 13.6. The second-order valence-electron chi connectivity index (χ2n) is 6.40. The first-order valence-corrected chi connectivity index (χ1v) is 8.19. The van der Waals surface area contributed by atoms with Crippen molar-refractivity contribution in [2.45, 2.75) is 31.3 Å². The lowest BCUT2D eigenvalue weighted by Crippen LogP contribution is -2.36. The number of ether oxygens (including phenoxy) is 1. The third kappa shape index (κ3) is 3.99. The molecule has 3 rings (SSSR count). The molecule has 26 heavy (non-hydrogen) atoms. The molecule has 0 aromatic heterocycles. The fourth-order valence-electron chi connectivity index (χ4n) is 3.17. The van der Waals surface area contributed by atoms with Gasteiger partial charge in [-0.25, -0.2) is 4.79 Å². The molecule has 2 N–H and O–H groups in total. The molecule has 0 bridgehead atoms. The first-order valence-electron chi connectivity index (χ1n) is 8.19. The zero-order valence-electron chi connectivity index (χ0n) is 14.0. The Kier molecular flexibility index (Phi) is 4.91. The number of nitrogens with zero attached hydrogens (tertiary/aromatic N) is 1. The van der Waals surface area contributed by atoms with E-state index in [9.17, 15) is 18.0 Å².